The number of hydrogen-bond donors (Lipinski definition) is 2. The van der Waals surface area contributed by atoms with Gasteiger partial charge in [0.1, 0.15) is 5.82 Å². The van der Waals surface area contributed by atoms with Gasteiger partial charge < -0.3 is 20.1 Å². The monoisotopic (exact) mass is 338 g/mol. The minimum atomic E-state index is -0.593. The number of carbonyl (C=O) groups excluding carboxylic acids is 1. The lowest BCUT2D eigenvalue weighted by atomic mass is 9.96. The molecule has 0 aromatic heterocycles. The van der Waals surface area contributed by atoms with Crippen molar-refractivity contribution in [2.24, 2.45) is 5.92 Å². The molecular formula is C18H27FN2O3. The van der Waals surface area contributed by atoms with Crippen LogP contribution in [-0.4, -0.2) is 50.0 Å². The molecule has 5 nitrogen and oxygen atoms in total. The molecule has 134 valence electrons. The summed E-state index contributed by atoms with van der Waals surface area (Å²) < 4.78 is 19.0. The quantitative estimate of drug-likeness (QED) is 0.800. The number of ether oxygens (including phenoxy) is 1. The van der Waals surface area contributed by atoms with Crippen LogP contribution >= 0.6 is 0 Å². The number of morpholine rings is 1. The van der Waals surface area contributed by atoms with Gasteiger partial charge in [-0.1, -0.05) is 26.7 Å². The highest BCUT2D eigenvalue weighted by molar-refractivity contribution is 5.99. The zero-order chi connectivity index (χ0) is 17.5. The smallest absolute Gasteiger partial charge is 0.253 e. The first-order valence-electron chi connectivity index (χ1n) is 8.65. The number of aliphatic hydroxyl groups excluding tert-OH is 1. The van der Waals surface area contributed by atoms with Crippen molar-refractivity contribution in [1.82, 2.24) is 5.32 Å². The number of nitrogens with zero attached hydrogens (tertiary/aromatic N) is 1. The molecule has 1 aromatic rings. The van der Waals surface area contributed by atoms with E-state index in [4.69, 9.17) is 4.74 Å². The van der Waals surface area contributed by atoms with Crippen molar-refractivity contribution >= 4 is 11.6 Å². The summed E-state index contributed by atoms with van der Waals surface area (Å²) in [6.45, 7) is 6.72. The molecule has 1 saturated heterocycles. The highest BCUT2D eigenvalue weighted by Gasteiger charge is 2.21. The fraction of sp³-hybridized carbons (Fsp3) is 0.611. The molecule has 0 bridgehead atoms. The van der Waals surface area contributed by atoms with Crippen LogP contribution in [0.5, 0.6) is 0 Å². The number of benzene rings is 1. The Morgan fingerprint density at radius 3 is 2.62 bits per heavy atom. The van der Waals surface area contributed by atoms with Crippen LogP contribution in [0, 0.1) is 11.7 Å². The third-order valence-electron chi connectivity index (χ3n) is 4.62. The minimum Gasteiger partial charge on any atom is -0.391 e. The molecule has 0 radical (unpaired) electrons. The molecule has 1 fully saturated rings. The normalized spacial score (nSPS) is 16.3. The van der Waals surface area contributed by atoms with E-state index in [9.17, 15) is 14.3 Å². The first kappa shape index (κ1) is 18.7. The summed E-state index contributed by atoms with van der Waals surface area (Å²) in [6.07, 6.45) is 1.11. The Bertz CT molecular complexity index is 543. The number of amides is 1. The first-order chi connectivity index (χ1) is 11.6. The van der Waals surface area contributed by atoms with Gasteiger partial charge in [-0.05, 0) is 24.1 Å². The molecule has 1 amide bonds. The summed E-state index contributed by atoms with van der Waals surface area (Å²) in [7, 11) is 0. The fourth-order valence-electron chi connectivity index (χ4n) is 3.06. The van der Waals surface area contributed by atoms with Crippen LogP contribution in [0.1, 0.15) is 37.0 Å². The van der Waals surface area contributed by atoms with Gasteiger partial charge in [0.25, 0.3) is 5.91 Å². The molecule has 0 spiro atoms. The summed E-state index contributed by atoms with van der Waals surface area (Å²) in [5.41, 5.74) is 1.00. The predicted octanol–water partition coefficient (Wildman–Crippen LogP) is 2.19. The van der Waals surface area contributed by atoms with Crippen LogP contribution in [0.2, 0.25) is 0 Å². The van der Waals surface area contributed by atoms with Crippen molar-refractivity contribution in [3.05, 3.63) is 29.6 Å². The second-order valence-electron chi connectivity index (χ2n) is 6.11. The highest BCUT2D eigenvalue weighted by atomic mass is 19.1. The van der Waals surface area contributed by atoms with Gasteiger partial charge in [0.2, 0.25) is 0 Å². The van der Waals surface area contributed by atoms with Gasteiger partial charge in [-0.3, -0.25) is 4.79 Å². The molecule has 1 atom stereocenters. The maximum atomic E-state index is 13.6. The van der Waals surface area contributed by atoms with E-state index in [-0.39, 0.29) is 18.4 Å². The van der Waals surface area contributed by atoms with E-state index in [1.807, 2.05) is 18.7 Å². The molecule has 0 saturated carbocycles. The number of nitrogens with one attached hydrogen (secondary N) is 1. The number of aliphatic hydroxyl groups is 1. The lowest BCUT2D eigenvalue weighted by molar-refractivity contribution is 0.0816. The van der Waals surface area contributed by atoms with Gasteiger partial charge in [-0.2, -0.15) is 0 Å². The molecule has 1 heterocycles. The minimum absolute atomic E-state index is 0.150. The third-order valence-corrected chi connectivity index (χ3v) is 4.62. The van der Waals surface area contributed by atoms with Crippen LogP contribution in [0.15, 0.2) is 18.2 Å². The van der Waals surface area contributed by atoms with Crippen LogP contribution in [-0.2, 0) is 4.74 Å². The standard InChI is InChI=1S/C18H27FN2O3/c1-3-13(4-2)17(22)12-20-18(23)15-11-14(19)5-6-16(15)21-7-9-24-10-8-21/h5-6,11,13,17,22H,3-4,7-10,12H2,1-2H3,(H,20,23). The van der Waals surface area contributed by atoms with Crippen LogP contribution in [0.4, 0.5) is 10.1 Å². The molecule has 6 heteroatoms. The van der Waals surface area contributed by atoms with Gasteiger partial charge >= 0.3 is 0 Å². The number of rotatable bonds is 7. The molecule has 1 unspecified atom stereocenters. The highest BCUT2D eigenvalue weighted by Crippen LogP contribution is 2.23. The van der Waals surface area contributed by atoms with E-state index in [1.54, 1.807) is 6.07 Å². The van der Waals surface area contributed by atoms with Crippen molar-refractivity contribution in [1.29, 1.82) is 0 Å². The lowest BCUT2D eigenvalue weighted by Gasteiger charge is -2.30. The summed E-state index contributed by atoms with van der Waals surface area (Å²) >= 11 is 0. The molecule has 1 aliphatic rings. The maximum absolute atomic E-state index is 13.6. The maximum Gasteiger partial charge on any atom is 0.253 e. The van der Waals surface area contributed by atoms with E-state index >= 15 is 0 Å². The Kier molecular flexibility index (Phi) is 6.99. The Labute approximate surface area is 142 Å². The Hall–Kier alpha value is -1.66. The average Bonchev–Trinajstić information content (AvgIpc) is 2.61. The Morgan fingerprint density at radius 2 is 2.00 bits per heavy atom. The second-order valence-corrected chi connectivity index (χ2v) is 6.11. The topological polar surface area (TPSA) is 61.8 Å². The van der Waals surface area contributed by atoms with E-state index in [0.717, 1.165) is 12.8 Å². The van der Waals surface area contributed by atoms with Crippen molar-refractivity contribution in [2.75, 3.05) is 37.7 Å². The number of hydrogen-bond acceptors (Lipinski definition) is 4. The molecule has 2 rings (SSSR count). The summed E-state index contributed by atoms with van der Waals surface area (Å²) in [4.78, 5) is 14.5. The Morgan fingerprint density at radius 1 is 1.33 bits per heavy atom. The number of carbonyl (C=O) groups is 1. The predicted molar refractivity (Wildman–Crippen MR) is 91.8 cm³/mol. The zero-order valence-corrected chi connectivity index (χ0v) is 14.4. The zero-order valence-electron chi connectivity index (χ0n) is 14.4. The molecule has 1 aromatic carbocycles. The number of anilines is 1. The van der Waals surface area contributed by atoms with Gasteiger partial charge in [0.05, 0.1) is 24.9 Å². The molecule has 2 N–H and O–H groups in total. The summed E-state index contributed by atoms with van der Waals surface area (Å²) in [6, 6.07) is 4.25. The van der Waals surface area contributed by atoms with E-state index in [0.29, 0.717) is 37.6 Å². The number of halogens is 1. The second kappa shape index (κ2) is 8.99. The van der Waals surface area contributed by atoms with Gasteiger partial charge in [0.15, 0.2) is 0 Å². The third kappa shape index (κ3) is 4.68. The van der Waals surface area contributed by atoms with Crippen molar-refractivity contribution in [3.8, 4) is 0 Å². The van der Waals surface area contributed by atoms with Crippen molar-refractivity contribution < 1.29 is 19.0 Å². The molecular weight excluding hydrogens is 311 g/mol. The van der Waals surface area contributed by atoms with E-state index < -0.39 is 11.9 Å². The average molecular weight is 338 g/mol. The SMILES string of the molecule is CCC(CC)C(O)CNC(=O)c1cc(F)ccc1N1CCOCC1. The molecule has 1 aliphatic heterocycles. The van der Waals surface area contributed by atoms with Crippen LogP contribution in [0.25, 0.3) is 0 Å². The molecule has 24 heavy (non-hydrogen) atoms. The molecule has 0 aliphatic carbocycles. The lowest BCUT2D eigenvalue weighted by Crippen LogP contribution is -2.39. The van der Waals surface area contributed by atoms with Crippen LogP contribution < -0.4 is 10.2 Å². The van der Waals surface area contributed by atoms with Gasteiger partial charge in [-0.15, -0.1) is 0 Å². The fourth-order valence-corrected chi connectivity index (χ4v) is 3.06. The van der Waals surface area contributed by atoms with E-state index in [1.165, 1.54) is 12.1 Å². The largest absolute Gasteiger partial charge is 0.391 e. The summed E-state index contributed by atoms with van der Waals surface area (Å²) in [5.74, 6) is -0.657. The van der Waals surface area contributed by atoms with Crippen LogP contribution in [0.3, 0.4) is 0 Å². The Balaban J connectivity index is 2.09. The van der Waals surface area contributed by atoms with Gasteiger partial charge in [0, 0.05) is 25.3 Å². The van der Waals surface area contributed by atoms with Crippen molar-refractivity contribution in [2.45, 2.75) is 32.8 Å². The van der Waals surface area contributed by atoms with Crippen molar-refractivity contribution in [3.63, 3.8) is 0 Å². The summed E-state index contributed by atoms with van der Waals surface area (Å²) in [5, 5.41) is 12.9. The first-order valence-corrected chi connectivity index (χ1v) is 8.65. The van der Waals surface area contributed by atoms with Gasteiger partial charge in [-0.25, -0.2) is 4.39 Å². The van der Waals surface area contributed by atoms with E-state index in [2.05, 4.69) is 5.32 Å².